The molecule has 124 valence electrons. The van der Waals surface area contributed by atoms with Crippen LogP contribution in [0.4, 0.5) is 5.82 Å². The van der Waals surface area contributed by atoms with Gasteiger partial charge < -0.3 is 15.4 Å². The molecule has 6 nitrogen and oxygen atoms in total. The molecule has 0 spiro atoms. The standard InChI is InChI=1S/C14H22Cl2N4O2/c1-4-22-6-5-17-13(21)10(7-9(2)3)18-12-8-11(15)19-14(16)20-12/h8-10H,4-7H2,1-3H3,(H,17,21)(H,18,19,20)/t10-/m0/s1. The smallest absolute Gasteiger partial charge is 0.242 e. The molecule has 0 aliphatic rings. The molecule has 1 heterocycles. The first-order valence-electron chi connectivity index (χ1n) is 7.24. The number of ether oxygens (including phenoxy) is 1. The third-order valence-corrected chi connectivity index (χ3v) is 3.13. The summed E-state index contributed by atoms with van der Waals surface area (Å²) in [6.45, 7) is 7.58. The first kappa shape index (κ1) is 18.9. The van der Waals surface area contributed by atoms with E-state index >= 15 is 0 Å². The highest BCUT2D eigenvalue weighted by Gasteiger charge is 2.20. The number of hydrogen-bond donors (Lipinski definition) is 2. The molecule has 1 amide bonds. The summed E-state index contributed by atoms with van der Waals surface area (Å²) >= 11 is 11.6. The van der Waals surface area contributed by atoms with Crippen molar-refractivity contribution in [3.63, 3.8) is 0 Å². The number of hydrogen-bond acceptors (Lipinski definition) is 5. The van der Waals surface area contributed by atoms with Crippen LogP contribution in [0.1, 0.15) is 27.2 Å². The highest BCUT2D eigenvalue weighted by atomic mass is 35.5. The summed E-state index contributed by atoms with van der Waals surface area (Å²) in [4.78, 5) is 20.1. The predicted molar refractivity (Wildman–Crippen MR) is 88.4 cm³/mol. The zero-order chi connectivity index (χ0) is 16.5. The van der Waals surface area contributed by atoms with Crippen molar-refractivity contribution in [2.75, 3.05) is 25.1 Å². The second kappa shape index (κ2) is 9.82. The molecular weight excluding hydrogens is 327 g/mol. The Kier molecular flexibility index (Phi) is 8.45. The van der Waals surface area contributed by atoms with Crippen LogP contribution in [0.2, 0.25) is 10.4 Å². The van der Waals surface area contributed by atoms with Crippen molar-refractivity contribution in [3.05, 3.63) is 16.5 Å². The normalized spacial score (nSPS) is 12.3. The van der Waals surface area contributed by atoms with Gasteiger partial charge in [-0.2, -0.15) is 0 Å². The molecule has 1 aromatic rings. The van der Waals surface area contributed by atoms with Gasteiger partial charge in [-0.1, -0.05) is 25.4 Å². The molecule has 0 fully saturated rings. The molecule has 22 heavy (non-hydrogen) atoms. The molecule has 1 aromatic heterocycles. The molecule has 1 atom stereocenters. The Hall–Kier alpha value is -1.11. The summed E-state index contributed by atoms with van der Waals surface area (Å²) in [5.41, 5.74) is 0. The van der Waals surface area contributed by atoms with Crippen molar-refractivity contribution in [3.8, 4) is 0 Å². The topological polar surface area (TPSA) is 76.1 Å². The minimum absolute atomic E-state index is 0.0371. The van der Waals surface area contributed by atoms with Gasteiger partial charge in [0.15, 0.2) is 0 Å². The fourth-order valence-corrected chi connectivity index (χ4v) is 2.27. The maximum atomic E-state index is 12.3. The minimum atomic E-state index is -0.427. The number of carbonyl (C=O) groups is 1. The Morgan fingerprint density at radius 1 is 1.36 bits per heavy atom. The van der Waals surface area contributed by atoms with E-state index in [9.17, 15) is 4.79 Å². The van der Waals surface area contributed by atoms with Gasteiger partial charge >= 0.3 is 0 Å². The molecule has 0 aliphatic heterocycles. The van der Waals surface area contributed by atoms with E-state index in [2.05, 4.69) is 20.6 Å². The lowest BCUT2D eigenvalue weighted by Gasteiger charge is -2.20. The zero-order valence-corrected chi connectivity index (χ0v) is 14.5. The summed E-state index contributed by atoms with van der Waals surface area (Å²) < 4.78 is 5.20. The largest absolute Gasteiger partial charge is 0.380 e. The van der Waals surface area contributed by atoms with E-state index in [1.807, 2.05) is 20.8 Å². The quantitative estimate of drug-likeness (QED) is 0.407. The van der Waals surface area contributed by atoms with E-state index in [4.69, 9.17) is 27.9 Å². The highest BCUT2D eigenvalue weighted by molar-refractivity contribution is 6.32. The van der Waals surface area contributed by atoms with Crippen LogP contribution in [0.3, 0.4) is 0 Å². The minimum Gasteiger partial charge on any atom is -0.380 e. The molecule has 2 N–H and O–H groups in total. The monoisotopic (exact) mass is 348 g/mol. The molecule has 0 saturated carbocycles. The Bertz CT molecular complexity index is 466. The number of rotatable bonds is 9. The first-order valence-corrected chi connectivity index (χ1v) is 8.00. The maximum absolute atomic E-state index is 12.3. The Morgan fingerprint density at radius 2 is 2.09 bits per heavy atom. The van der Waals surface area contributed by atoms with E-state index in [1.165, 1.54) is 6.07 Å². The highest BCUT2D eigenvalue weighted by Crippen LogP contribution is 2.17. The molecule has 0 aliphatic carbocycles. The summed E-state index contributed by atoms with van der Waals surface area (Å²) in [6, 6.07) is 1.11. The number of nitrogens with one attached hydrogen (secondary N) is 2. The van der Waals surface area contributed by atoms with Crippen LogP contribution in [-0.4, -0.2) is 41.7 Å². The molecule has 0 saturated heterocycles. The van der Waals surface area contributed by atoms with Gasteiger partial charge in [-0.05, 0) is 30.9 Å². The molecule has 0 aromatic carbocycles. The van der Waals surface area contributed by atoms with Crippen molar-refractivity contribution >= 4 is 34.9 Å². The Labute approximate surface area is 141 Å². The third kappa shape index (κ3) is 7.24. The van der Waals surface area contributed by atoms with Crippen molar-refractivity contribution in [2.45, 2.75) is 33.2 Å². The molecule has 0 radical (unpaired) electrons. The fraction of sp³-hybridized carbons (Fsp3) is 0.643. The van der Waals surface area contributed by atoms with Gasteiger partial charge in [0.2, 0.25) is 11.2 Å². The van der Waals surface area contributed by atoms with Crippen LogP contribution in [-0.2, 0) is 9.53 Å². The Morgan fingerprint density at radius 3 is 2.68 bits per heavy atom. The zero-order valence-electron chi connectivity index (χ0n) is 13.0. The van der Waals surface area contributed by atoms with Crippen LogP contribution in [0, 0.1) is 5.92 Å². The van der Waals surface area contributed by atoms with Gasteiger partial charge in [0.05, 0.1) is 6.61 Å². The maximum Gasteiger partial charge on any atom is 0.242 e. The predicted octanol–water partition coefficient (Wildman–Crippen LogP) is 2.76. The van der Waals surface area contributed by atoms with Crippen molar-refractivity contribution in [1.82, 2.24) is 15.3 Å². The van der Waals surface area contributed by atoms with Crippen LogP contribution in [0.5, 0.6) is 0 Å². The average Bonchev–Trinajstić information content (AvgIpc) is 2.41. The SMILES string of the molecule is CCOCCNC(=O)[C@H](CC(C)C)Nc1cc(Cl)nc(Cl)n1. The molecule has 0 bridgehead atoms. The van der Waals surface area contributed by atoms with Crippen molar-refractivity contribution < 1.29 is 9.53 Å². The van der Waals surface area contributed by atoms with Crippen LogP contribution >= 0.6 is 23.2 Å². The van der Waals surface area contributed by atoms with Gasteiger partial charge in [0, 0.05) is 19.2 Å². The van der Waals surface area contributed by atoms with Gasteiger partial charge in [-0.15, -0.1) is 0 Å². The van der Waals surface area contributed by atoms with Crippen molar-refractivity contribution in [2.24, 2.45) is 5.92 Å². The van der Waals surface area contributed by atoms with Gasteiger partial charge in [-0.25, -0.2) is 9.97 Å². The van der Waals surface area contributed by atoms with Gasteiger partial charge in [0.25, 0.3) is 0 Å². The molecule has 8 heteroatoms. The molecular formula is C14H22Cl2N4O2. The lowest BCUT2D eigenvalue weighted by atomic mass is 10.0. The summed E-state index contributed by atoms with van der Waals surface area (Å²) in [7, 11) is 0. The fourth-order valence-electron chi connectivity index (χ4n) is 1.86. The summed E-state index contributed by atoms with van der Waals surface area (Å²) in [6.07, 6.45) is 0.652. The average molecular weight is 349 g/mol. The third-order valence-electron chi connectivity index (χ3n) is 2.76. The summed E-state index contributed by atoms with van der Waals surface area (Å²) in [5, 5.41) is 6.16. The molecule has 0 unspecified atom stereocenters. The van der Waals surface area contributed by atoms with Crippen LogP contribution in [0.15, 0.2) is 6.07 Å². The number of anilines is 1. The second-order valence-corrected chi connectivity index (χ2v) is 5.88. The lowest BCUT2D eigenvalue weighted by Crippen LogP contribution is -2.42. The first-order chi connectivity index (χ1) is 10.4. The van der Waals surface area contributed by atoms with Gasteiger partial charge in [-0.3, -0.25) is 4.79 Å². The lowest BCUT2D eigenvalue weighted by molar-refractivity contribution is -0.122. The van der Waals surface area contributed by atoms with E-state index in [0.29, 0.717) is 37.9 Å². The van der Waals surface area contributed by atoms with Crippen LogP contribution < -0.4 is 10.6 Å². The number of aromatic nitrogens is 2. The number of nitrogens with zero attached hydrogens (tertiary/aromatic N) is 2. The van der Waals surface area contributed by atoms with E-state index in [0.717, 1.165) is 0 Å². The van der Waals surface area contributed by atoms with E-state index < -0.39 is 6.04 Å². The number of carbonyl (C=O) groups excluding carboxylic acids is 1. The van der Waals surface area contributed by atoms with Gasteiger partial charge in [0.1, 0.15) is 17.0 Å². The molecule has 1 rings (SSSR count). The van der Waals surface area contributed by atoms with E-state index in [1.54, 1.807) is 0 Å². The Balaban J connectivity index is 2.68. The number of halogens is 2. The van der Waals surface area contributed by atoms with Crippen molar-refractivity contribution in [1.29, 1.82) is 0 Å². The second-order valence-electron chi connectivity index (χ2n) is 5.16. The van der Waals surface area contributed by atoms with Crippen LogP contribution in [0.25, 0.3) is 0 Å². The van der Waals surface area contributed by atoms with E-state index in [-0.39, 0.29) is 16.3 Å². The summed E-state index contributed by atoms with van der Waals surface area (Å²) in [5.74, 6) is 0.651. The number of amides is 1.